The van der Waals surface area contributed by atoms with Gasteiger partial charge in [-0.1, -0.05) is 23.7 Å². The summed E-state index contributed by atoms with van der Waals surface area (Å²) in [5.74, 6) is 1.30. The first kappa shape index (κ1) is 22.9. The molecule has 0 saturated carbocycles. The van der Waals surface area contributed by atoms with E-state index in [9.17, 15) is 14.9 Å². The number of non-ortho nitro benzene ring substituents is 1. The maximum atomic E-state index is 13.0. The topological polar surface area (TPSA) is 102 Å². The molecule has 2 heterocycles. The van der Waals surface area contributed by atoms with E-state index in [1.165, 1.54) is 29.7 Å². The lowest BCUT2D eigenvalue weighted by Crippen LogP contribution is -2.54. The van der Waals surface area contributed by atoms with Gasteiger partial charge in [0.05, 0.1) is 22.6 Å². The standard InChI is InChI=1S/C22H22ClN5O4S/c1-14-13-26(22-24-20(25-33-22)11-15-4-3-5-17(10-15)32-2)8-9-27(14)21(29)18-7-6-16(28(30)31)12-19(18)23/h3-7,10,12,14H,8-9,11,13H2,1-2H3. The number of rotatable bonds is 6. The van der Waals surface area contributed by atoms with Crippen molar-refractivity contribution in [1.29, 1.82) is 0 Å². The summed E-state index contributed by atoms with van der Waals surface area (Å²) in [7, 11) is 1.64. The summed E-state index contributed by atoms with van der Waals surface area (Å²) in [4.78, 5) is 32.0. The van der Waals surface area contributed by atoms with E-state index in [2.05, 4.69) is 9.27 Å². The number of carbonyl (C=O) groups excluding carboxylic acids is 1. The van der Waals surface area contributed by atoms with Crippen molar-refractivity contribution in [1.82, 2.24) is 14.3 Å². The van der Waals surface area contributed by atoms with E-state index in [1.54, 1.807) is 12.0 Å². The quantitative estimate of drug-likeness (QED) is 0.381. The third kappa shape index (κ3) is 5.07. The Kier molecular flexibility index (Phi) is 6.75. The maximum Gasteiger partial charge on any atom is 0.270 e. The lowest BCUT2D eigenvalue weighted by molar-refractivity contribution is -0.384. The molecule has 1 aliphatic rings. The van der Waals surface area contributed by atoms with Gasteiger partial charge in [-0.05, 0) is 30.7 Å². The van der Waals surface area contributed by atoms with Crippen LogP contribution in [-0.4, -0.2) is 57.9 Å². The van der Waals surface area contributed by atoms with Gasteiger partial charge in [0.2, 0.25) is 5.13 Å². The van der Waals surface area contributed by atoms with Crippen molar-refractivity contribution >= 4 is 39.9 Å². The van der Waals surface area contributed by atoms with E-state index in [0.717, 1.165) is 22.3 Å². The Morgan fingerprint density at radius 2 is 2.12 bits per heavy atom. The highest BCUT2D eigenvalue weighted by atomic mass is 35.5. The summed E-state index contributed by atoms with van der Waals surface area (Å²) in [5.41, 5.74) is 1.19. The molecule has 1 unspecified atom stereocenters. The van der Waals surface area contributed by atoms with Crippen LogP contribution >= 0.6 is 23.1 Å². The molecular formula is C22H22ClN5O4S. The summed E-state index contributed by atoms with van der Waals surface area (Å²) in [6.45, 7) is 3.65. The number of ether oxygens (including phenoxy) is 1. The summed E-state index contributed by atoms with van der Waals surface area (Å²) in [6, 6.07) is 11.6. The molecule has 11 heteroatoms. The van der Waals surface area contributed by atoms with Crippen molar-refractivity contribution in [3.8, 4) is 5.75 Å². The number of piperazine rings is 1. The first-order chi connectivity index (χ1) is 15.9. The molecule has 172 valence electrons. The maximum absolute atomic E-state index is 13.0. The molecule has 1 amide bonds. The Bertz CT molecular complexity index is 1190. The largest absolute Gasteiger partial charge is 0.497 e. The van der Waals surface area contributed by atoms with E-state index in [4.69, 9.17) is 21.3 Å². The Morgan fingerprint density at radius 3 is 2.82 bits per heavy atom. The van der Waals surface area contributed by atoms with Crippen molar-refractivity contribution in [3.63, 3.8) is 0 Å². The molecule has 1 aromatic heterocycles. The molecule has 0 bridgehead atoms. The van der Waals surface area contributed by atoms with Gasteiger partial charge >= 0.3 is 0 Å². The number of nitrogens with zero attached hydrogens (tertiary/aromatic N) is 5. The molecule has 1 atom stereocenters. The molecule has 33 heavy (non-hydrogen) atoms. The highest BCUT2D eigenvalue weighted by Gasteiger charge is 2.31. The predicted molar refractivity (Wildman–Crippen MR) is 127 cm³/mol. The van der Waals surface area contributed by atoms with E-state index in [1.807, 2.05) is 31.2 Å². The number of anilines is 1. The Hall–Kier alpha value is -3.24. The lowest BCUT2D eigenvalue weighted by atomic mass is 10.1. The number of hydrogen-bond donors (Lipinski definition) is 0. The molecule has 1 aliphatic heterocycles. The predicted octanol–water partition coefficient (Wildman–Crippen LogP) is 4.05. The van der Waals surface area contributed by atoms with Crippen molar-refractivity contribution in [3.05, 3.63) is 74.6 Å². The van der Waals surface area contributed by atoms with Gasteiger partial charge in [0.15, 0.2) is 0 Å². The zero-order valence-electron chi connectivity index (χ0n) is 18.1. The number of methoxy groups -OCH3 is 1. The Morgan fingerprint density at radius 1 is 1.30 bits per heavy atom. The van der Waals surface area contributed by atoms with Crippen LogP contribution in [0.1, 0.15) is 28.7 Å². The van der Waals surface area contributed by atoms with Crippen molar-refractivity contribution < 1.29 is 14.5 Å². The second-order valence-electron chi connectivity index (χ2n) is 7.74. The van der Waals surface area contributed by atoms with E-state index in [0.29, 0.717) is 26.1 Å². The third-order valence-corrected chi connectivity index (χ3v) is 6.63. The van der Waals surface area contributed by atoms with Gasteiger partial charge in [-0.25, -0.2) is 4.98 Å². The number of amides is 1. The van der Waals surface area contributed by atoms with Crippen LogP contribution in [0.5, 0.6) is 5.75 Å². The second-order valence-corrected chi connectivity index (χ2v) is 8.87. The molecule has 0 aliphatic carbocycles. The van der Waals surface area contributed by atoms with Gasteiger partial charge in [-0.15, -0.1) is 0 Å². The fraction of sp³-hybridized carbons (Fsp3) is 0.318. The van der Waals surface area contributed by atoms with Crippen LogP contribution in [0, 0.1) is 10.1 Å². The van der Waals surface area contributed by atoms with Gasteiger partial charge in [-0.3, -0.25) is 14.9 Å². The SMILES string of the molecule is COc1cccc(Cc2nsc(N3CCN(C(=O)c4ccc([N+](=O)[O-])cc4Cl)C(C)C3)n2)c1. The summed E-state index contributed by atoms with van der Waals surface area (Å²) in [6.07, 6.45) is 0.611. The van der Waals surface area contributed by atoms with Crippen molar-refractivity contribution in [2.75, 3.05) is 31.6 Å². The number of benzene rings is 2. The average molecular weight is 488 g/mol. The molecule has 0 N–H and O–H groups in total. The molecule has 9 nitrogen and oxygen atoms in total. The number of hydrogen-bond acceptors (Lipinski definition) is 8. The molecule has 3 aromatic rings. The fourth-order valence-corrected chi connectivity index (χ4v) is 4.76. The fourth-order valence-electron chi connectivity index (χ4n) is 3.79. The first-order valence-electron chi connectivity index (χ1n) is 10.3. The van der Waals surface area contributed by atoms with Crippen LogP contribution in [0.25, 0.3) is 0 Å². The Balaban J connectivity index is 1.41. The third-order valence-electron chi connectivity index (χ3n) is 5.51. The van der Waals surface area contributed by atoms with Gasteiger partial charge < -0.3 is 14.5 Å². The minimum atomic E-state index is -0.536. The molecular weight excluding hydrogens is 466 g/mol. The van der Waals surface area contributed by atoms with Crippen molar-refractivity contribution in [2.45, 2.75) is 19.4 Å². The van der Waals surface area contributed by atoms with Crippen LogP contribution in [0.3, 0.4) is 0 Å². The minimum Gasteiger partial charge on any atom is -0.497 e. The number of nitro groups is 1. The molecule has 4 rings (SSSR count). The number of carbonyl (C=O) groups is 1. The van der Waals surface area contributed by atoms with Gasteiger partial charge in [0.25, 0.3) is 11.6 Å². The molecule has 0 spiro atoms. The molecule has 1 fully saturated rings. The molecule has 0 radical (unpaired) electrons. The summed E-state index contributed by atoms with van der Waals surface area (Å²) < 4.78 is 9.77. The Labute approximate surface area is 199 Å². The highest BCUT2D eigenvalue weighted by molar-refractivity contribution is 7.09. The summed E-state index contributed by atoms with van der Waals surface area (Å²) >= 11 is 7.51. The zero-order chi connectivity index (χ0) is 23.5. The van der Waals surface area contributed by atoms with Crippen molar-refractivity contribution in [2.24, 2.45) is 0 Å². The van der Waals surface area contributed by atoms with Crippen LogP contribution < -0.4 is 9.64 Å². The lowest BCUT2D eigenvalue weighted by Gasteiger charge is -2.39. The normalized spacial score (nSPS) is 16.0. The average Bonchev–Trinajstić information content (AvgIpc) is 3.27. The molecule has 1 saturated heterocycles. The van der Waals surface area contributed by atoms with Crippen LogP contribution in [0.4, 0.5) is 10.8 Å². The van der Waals surface area contributed by atoms with E-state index < -0.39 is 4.92 Å². The number of halogens is 1. The van der Waals surface area contributed by atoms with Crippen LogP contribution in [0.2, 0.25) is 5.02 Å². The van der Waals surface area contributed by atoms with E-state index in [-0.39, 0.29) is 28.2 Å². The van der Waals surface area contributed by atoms with Crippen LogP contribution in [-0.2, 0) is 6.42 Å². The number of nitro benzene ring substituents is 1. The van der Waals surface area contributed by atoms with E-state index >= 15 is 0 Å². The smallest absolute Gasteiger partial charge is 0.270 e. The van der Waals surface area contributed by atoms with Gasteiger partial charge in [0, 0.05) is 55.8 Å². The first-order valence-corrected chi connectivity index (χ1v) is 11.5. The highest BCUT2D eigenvalue weighted by Crippen LogP contribution is 2.27. The van der Waals surface area contributed by atoms with Gasteiger partial charge in [0.1, 0.15) is 11.6 Å². The monoisotopic (exact) mass is 487 g/mol. The summed E-state index contributed by atoms with van der Waals surface area (Å²) in [5, 5.41) is 11.8. The second kappa shape index (κ2) is 9.72. The van der Waals surface area contributed by atoms with Gasteiger partial charge in [-0.2, -0.15) is 4.37 Å². The minimum absolute atomic E-state index is 0.0788. The zero-order valence-corrected chi connectivity index (χ0v) is 19.7. The number of aromatic nitrogens is 2. The van der Waals surface area contributed by atoms with Crippen LogP contribution in [0.15, 0.2) is 42.5 Å². The molecule has 2 aromatic carbocycles.